The van der Waals surface area contributed by atoms with Crippen LogP contribution < -0.4 is 10.5 Å². The van der Waals surface area contributed by atoms with Gasteiger partial charge in [0.1, 0.15) is 6.33 Å². The second-order valence-electron chi connectivity index (χ2n) is 3.98. The number of nitrogen functional groups attached to an aromatic ring is 1. The number of sulfonamides is 1. The summed E-state index contributed by atoms with van der Waals surface area (Å²) in [6, 6.07) is 8.54. The van der Waals surface area contributed by atoms with E-state index >= 15 is 0 Å². The lowest BCUT2D eigenvalue weighted by molar-refractivity contribution is 0.579. The average Bonchev–Trinajstić information content (AvgIpc) is 2.40. The van der Waals surface area contributed by atoms with Crippen LogP contribution in [-0.4, -0.2) is 18.4 Å². The second-order valence-corrected chi connectivity index (χ2v) is 5.79. The first-order valence-electron chi connectivity index (χ1n) is 5.62. The molecule has 1 aromatic heterocycles. The van der Waals surface area contributed by atoms with Crippen molar-refractivity contribution in [3.63, 3.8) is 0 Å². The molecule has 0 saturated carbocycles. The third-order valence-corrected chi connectivity index (χ3v) is 3.79. The van der Waals surface area contributed by atoms with Crippen LogP contribution in [0.2, 0.25) is 0 Å². The molecule has 0 bridgehead atoms. The van der Waals surface area contributed by atoms with Gasteiger partial charge in [-0.2, -0.15) is 0 Å². The number of para-hydroxylation sites is 1. The fourth-order valence-electron chi connectivity index (χ4n) is 1.53. The van der Waals surface area contributed by atoms with E-state index in [0.717, 1.165) is 0 Å². The van der Waals surface area contributed by atoms with Gasteiger partial charge in [0.15, 0.2) is 0 Å². The van der Waals surface area contributed by atoms with E-state index in [-0.39, 0.29) is 12.3 Å². The molecule has 3 N–H and O–H groups in total. The predicted octanol–water partition coefficient (Wildman–Crippen LogP) is 0.678. The van der Waals surface area contributed by atoms with Gasteiger partial charge in [0.05, 0.1) is 18.0 Å². The molecule has 0 amide bonds. The van der Waals surface area contributed by atoms with Gasteiger partial charge in [-0.3, -0.25) is 0 Å². The molecule has 0 atom stereocenters. The zero-order chi connectivity index (χ0) is 13.7. The maximum Gasteiger partial charge on any atom is 0.216 e. The minimum Gasteiger partial charge on any atom is -0.398 e. The molecule has 0 fully saturated rings. The van der Waals surface area contributed by atoms with Gasteiger partial charge in [0, 0.05) is 11.9 Å². The molecule has 2 rings (SSSR count). The SMILES string of the molecule is Nc1ccccc1CS(=O)(=O)NCc1ccncn1. The lowest BCUT2D eigenvalue weighted by Crippen LogP contribution is -2.25. The Kier molecular flexibility index (Phi) is 4.08. The Morgan fingerprint density at radius 1 is 1.21 bits per heavy atom. The summed E-state index contributed by atoms with van der Waals surface area (Å²) in [6.45, 7) is 0.136. The molecule has 1 aromatic carbocycles. The Bertz CT molecular complexity index is 644. The van der Waals surface area contributed by atoms with E-state index in [2.05, 4.69) is 14.7 Å². The molecular weight excluding hydrogens is 264 g/mol. The number of nitrogens with one attached hydrogen (secondary N) is 1. The zero-order valence-corrected chi connectivity index (χ0v) is 11.0. The number of nitrogens with zero attached hydrogens (tertiary/aromatic N) is 2. The Morgan fingerprint density at radius 3 is 2.68 bits per heavy atom. The molecule has 0 aliphatic carbocycles. The normalized spacial score (nSPS) is 11.4. The molecule has 2 aromatic rings. The molecule has 0 spiro atoms. The van der Waals surface area contributed by atoms with Crippen LogP contribution in [0.3, 0.4) is 0 Å². The second kappa shape index (κ2) is 5.77. The largest absolute Gasteiger partial charge is 0.398 e. The van der Waals surface area contributed by atoms with Crippen molar-refractivity contribution in [2.75, 3.05) is 5.73 Å². The topological polar surface area (TPSA) is 98.0 Å². The number of rotatable bonds is 5. The van der Waals surface area contributed by atoms with E-state index in [1.807, 2.05) is 0 Å². The number of benzene rings is 1. The molecule has 0 aliphatic heterocycles. The molecule has 0 radical (unpaired) electrons. The van der Waals surface area contributed by atoms with Gasteiger partial charge in [-0.15, -0.1) is 0 Å². The van der Waals surface area contributed by atoms with Gasteiger partial charge in [0.2, 0.25) is 10.0 Å². The van der Waals surface area contributed by atoms with Crippen LogP contribution in [0, 0.1) is 0 Å². The van der Waals surface area contributed by atoms with Crippen LogP contribution in [0.15, 0.2) is 42.9 Å². The number of hydrogen-bond donors (Lipinski definition) is 2. The molecule has 100 valence electrons. The Hall–Kier alpha value is -1.99. The summed E-state index contributed by atoms with van der Waals surface area (Å²) in [5, 5.41) is 0. The maximum atomic E-state index is 11.9. The standard InChI is InChI=1S/C12H14N4O2S/c13-12-4-2-1-3-10(12)8-19(17,18)16-7-11-5-6-14-9-15-11/h1-6,9,16H,7-8,13H2. The highest BCUT2D eigenvalue weighted by molar-refractivity contribution is 7.88. The third-order valence-electron chi connectivity index (χ3n) is 2.52. The van der Waals surface area contributed by atoms with Crippen LogP contribution in [0.5, 0.6) is 0 Å². The van der Waals surface area contributed by atoms with Crippen molar-refractivity contribution in [2.45, 2.75) is 12.3 Å². The van der Waals surface area contributed by atoms with Crippen molar-refractivity contribution >= 4 is 15.7 Å². The van der Waals surface area contributed by atoms with Gasteiger partial charge >= 0.3 is 0 Å². The first kappa shape index (κ1) is 13.4. The molecule has 0 aliphatic rings. The van der Waals surface area contributed by atoms with Crippen LogP contribution in [0.1, 0.15) is 11.3 Å². The molecule has 0 unspecified atom stereocenters. The Labute approximate surface area is 111 Å². The van der Waals surface area contributed by atoms with Crippen LogP contribution >= 0.6 is 0 Å². The van der Waals surface area contributed by atoms with Crippen molar-refractivity contribution < 1.29 is 8.42 Å². The molecule has 1 heterocycles. The highest BCUT2D eigenvalue weighted by Crippen LogP contribution is 2.13. The van der Waals surface area contributed by atoms with Crippen molar-refractivity contribution in [2.24, 2.45) is 0 Å². The smallest absolute Gasteiger partial charge is 0.216 e. The summed E-state index contributed by atoms with van der Waals surface area (Å²) in [4.78, 5) is 7.71. The first-order valence-corrected chi connectivity index (χ1v) is 7.28. The van der Waals surface area contributed by atoms with E-state index in [4.69, 9.17) is 5.73 Å². The molecule has 19 heavy (non-hydrogen) atoms. The Morgan fingerprint density at radius 2 is 2.00 bits per heavy atom. The highest BCUT2D eigenvalue weighted by atomic mass is 32.2. The average molecular weight is 278 g/mol. The van der Waals surface area contributed by atoms with Crippen molar-refractivity contribution in [3.8, 4) is 0 Å². The fraction of sp³-hybridized carbons (Fsp3) is 0.167. The highest BCUT2D eigenvalue weighted by Gasteiger charge is 2.13. The molecule has 0 saturated heterocycles. The van der Waals surface area contributed by atoms with Crippen molar-refractivity contribution in [3.05, 3.63) is 54.1 Å². The van der Waals surface area contributed by atoms with E-state index in [0.29, 0.717) is 16.9 Å². The van der Waals surface area contributed by atoms with Gasteiger partial charge in [-0.1, -0.05) is 18.2 Å². The van der Waals surface area contributed by atoms with Crippen molar-refractivity contribution in [1.29, 1.82) is 0 Å². The molecule has 6 nitrogen and oxygen atoms in total. The summed E-state index contributed by atoms with van der Waals surface area (Å²) < 4.78 is 26.3. The lowest BCUT2D eigenvalue weighted by Gasteiger charge is -2.08. The van der Waals surface area contributed by atoms with Crippen LogP contribution in [-0.2, 0) is 22.3 Å². The van der Waals surface area contributed by atoms with E-state index in [1.54, 1.807) is 36.5 Å². The summed E-state index contributed by atoms with van der Waals surface area (Å²) >= 11 is 0. The van der Waals surface area contributed by atoms with E-state index in [1.165, 1.54) is 6.33 Å². The molecule has 7 heteroatoms. The van der Waals surface area contributed by atoms with E-state index in [9.17, 15) is 8.42 Å². The summed E-state index contributed by atoms with van der Waals surface area (Å²) in [7, 11) is -3.45. The third kappa shape index (κ3) is 4.01. The van der Waals surface area contributed by atoms with Crippen LogP contribution in [0.4, 0.5) is 5.69 Å². The van der Waals surface area contributed by atoms with E-state index < -0.39 is 10.0 Å². The van der Waals surface area contributed by atoms with Crippen LogP contribution in [0.25, 0.3) is 0 Å². The summed E-state index contributed by atoms with van der Waals surface area (Å²) in [6.07, 6.45) is 2.94. The lowest BCUT2D eigenvalue weighted by atomic mass is 10.2. The number of anilines is 1. The van der Waals surface area contributed by atoms with Gasteiger partial charge in [-0.25, -0.2) is 23.1 Å². The first-order chi connectivity index (χ1) is 9.07. The van der Waals surface area contributed by atoms with Gasteiger partial charge in [-0.05, 0) is 17.7 Å². The number of nitrogens with two attached hydrogens (primary N) is 1. The summed E-state index contributed by atoms with van der Waals surface area (Å²) in [5.41, 5.74) is 7.38. The zero-order valence-electron chi connectivity index (χ0n) is 10.2. The fourth-order valence-corrected chi connectivity index (χ4v) is 2.67. The molecular formula is C12H14N4O2S. The quantitative estimate of drug-likeness (QED) is 0.784. The summed E-state index contributed by atoms with van der Waals surface area (Å²) in [5.74, 6) is -0.148. The number of hydrogen-bond acceptors (Lipinski definition) is 5. The minimum atomic E-state index is -3.45. The van der Waals surface area contributed by atoms with Crippen molar-refractivity contribution in [1.82, 2.24) is 14.7 Å². The maximum absolute atomic E-state index is 11.9. The Balaban J connectivity index is 2.02. The van der Waals surface area contributed by atoms with Gasteiger partial charge in [0.25, 0.3) is 0 Å². The number of aromatic nitrogens is 2. The minimum absolute atomic E-state index is 0.136. The predicted molar refractivity (Wildman–Crippen MR) is 72.3 cm³/mol. The monoisotopic (exact) mass is 278 g/mol. The van der Waals surface area contributed by atoms with Gasteiger partial charge < -0.3 is 5.73 Å².